The molecule has 0 aliphatic rings. The maximum absolute atomic E-state index is 13.4. The minimum Gasteiger partial charge on any atom is -0.481 e. The molecule has 3 nitrogen and oxygen atoms in total. The first-order chi connectivity index (χ1) is 9.18. The van der Waals surface area contributed by atoms with E-state index in [0.717, 1.165) is 0 Å². The molecule has 2 aromatic carbocycles. The largest absolute Gasteiger partial charge is 0.481 e. The lowest BCUT2D eigenvalue weighted by atomic mass is 9.99. The van der Waals surface area contributed by atoms with Crippen molar-refractivity contribution in [1.82, 2.24) is 0 Å². The third-order valence-electron chi connectivity index (χ3n) is 2.87. The molecule has 2 rings (SSSR count). The van der Waals surface area contributed by atoms with Crippen LogP contribution in [0.25, 0.3) is 0 Å². The van der Waals surface area contributed by atoms with E-state index >= 15 is 0 Å². The van der Waals surface area contributed by atoms with Crippen LogP contribution in [0.5, 0.6) is 0 Å². The summed E-state index contributed by atoms with van der Waals surface area (Å²) >= 11 is 0. The van der Waals surface area contributed by atoms with Crippen molar-refractivity contribution in [3.8, 4) is 0 Å². The molecule has 2 N–H and O–H groups in total. The van der Waals surface area contributed by atoms with Crippen LogP contribution in [0.3, 0.4) is 0 Å². The van der Waals surface area contributed by atoms with Gasteiger partial charge in [0.15, 0.2) is 0 Å². The molecule has 0 saturated carbocycles. The molecule has 0 amide bonds. The highest BCUT2D eigenvalue weighted by atomic mass is 19.1. The average Bonchev–Trinajstić information content (AvgIpc) is 2.42. The van der Waals surface area contributed by atoms with Crippen LogP contribution in [-0.2, 0) is 4.79 Å². The maximum atomic E-state index is 13.4. The van der Waals surface area contributed by atoms with Gasteiger partial charge < -0.3 is 10.4 Å². The summed E-state index contributed by atoms with van der Waals surface area (Å²) in [6.07, 6.45) is 0. The Balaban J connectivity index is 2.11. The summed E-state index contributed by atoms with van der Waals surface area (Å²) in [5.41, 5.74) is 1.00. The van der Waals surface area contributed by atoms with E-state index in [-0.39, 0.29) is 12.4 Å². The van der Waals surface area contributed by atoms with Crippen molar-refractivity contribution in [2.45, 2.75) is 5.92 Å². The highest BCUT2D eigenvalue weighted by Gasteiger charge is 2.19. The number of nitrogens with one attached hydrogen (secondary N) is 1. The van der Waals surface area contributed by atoms with Crippen molar-refractivity contribution >= 4 is 11.7 Å². The lowest BCUT2D eigenvalue weighted by molar-refractivity contribution is -0.138. The van der Waals surface area contributed by atoms with Gasteiger partial charge in [0.05, 0.1) is 11.6 Å². The van der Waals surface area contributed by atoms with E-state index in [1.54, 1.807) is 42.5 Å². The first-order valence-corrected chi connectivity index (χ1v) is 5.94. The van der Waals surface area contributed by atoms with Crippen molar-refractivity contribution < 1.29 is 14.3 Å². The molecule has 1 unspecified atom stereocenters. The molecule has 98 valence electrons. The zero-order valence-electron chi connectivity index (χ0n) is 10.2. The SMILES string of the molecule is O=C(O)C(CNc1ccccc1F)c1ccccc1. The second-order valence-corrected chi connectivity index (χ2v) is 4.16. The Hall–Kier alpha value is -2.36. The third-order valence-corrected chi connectivity index (χ3v) is 2.87. The quantitative estimate of drug-likeness (QED) is 0.867. The summed E-state index contributed by atoms with van der Waals surface area (Å²) in [5, 5.41) is 12.1. The Morgan fingerprint density at radius 1 is 1.11 bits per heavy atom. The van der Waals surface area contributed by atoms with Gasteiger partial charge in [-0.2, -0.15) is 0 Å². The number of benzene rings is 2. The van der Waals surface area contributed by atoms with Crippen molar-refractivity contribution in [3.05, 3.63) is 66.0 Å². The summed E-state index contributed by atoms with van der Waals surface area (Å²) in [7, 11) is 0. The lowest BCUT2D eigenvalue weighted by Gasteiger charge is -2.15. The summed E-state index contributed by atoms with van der Waals surface area (Å²) in [4.78, 5) is 11.3. The fraction of sp³-hybridized carbons (Fsp3) is 0.133. The monoisotopic (exact) mass is 259 g/mol. The number of carboxylic acids is 1. The highest BCUT2D eigenvalue weighted by molar-refractivity contribution is 5.77. The number of rotatable bonds is 5. The summed E-state index contributed by atoms with van der Waals surface area (Å²) < 4.78 is 13.4. The Labute approximate surface area is 110 Å². The van der Waals surface area contributed by atoms with Crippen LogP contribution >= 0.6 is 0 Å². The molecule has 19 heavy (non-hydrogen) atoms. The third kappa shape index (κ3) is 3.31. The van der Waals surface area contributed by atoms with E-state index < -0.39 is 11.9 Å². The molecule has 0 radical (unpaired) electrons. The number of para-hydroxylation sites is 1. The standard InChI is InChI=1S/C15H14FNO2/c16-13-8-4-5-9-14(13)17-10-12(15(18)19)11-6-2-1-3-7-11/h1-9,12,17H,10H2,(H,18,19). The van der Waals surface area contributed by atoms with Crippen LogP contribution < -0.4 is 5.32 Å². The second-order valence-electron chi connectivity index (χ2n) is 4.16. The van der Waals surface area contributed by atoms with Gasteiger partial charge in [0, 0.05) is 6.54 Å². The predicted octanol–water partition coefficient (Wildman–Crippen LogP) is 3.11. The minimum absolute atomic E-state index is 0.139. The van der Waals surface area contributed by atoms with Gasteiger partial charge in [0.2, 0.25) is 0 Å². The number of carbonyl (C=O) groups is 1. The number of anilines is 1. The zero-order chi connectivity index (χ0) is 13.7. The number of aliphatic carboxylic acids is 1. The lowest BCUT2D eigenvalue weighted by Crippen LogP contribution is -2.21. The molecule has 0 bridgehead atoms. The van der Waals surface area contributed by atoms with E-state index in [2.05, 4.69) is 5.32 Å². The van der Waals surface area contributed by atoms with E-state index in [1.807, 2.05) is 6.07 Å². The van der Waals surface area contributed by atoms with Gasteiger partial charge in [-0.05, 0) is 17.7 Å². The molecule has 0 aliphatic heterocycles. The minimum atomic E-state index is -0.935. The number of hydrogen-bond acceptors (Lipinski definition) is 2. The van der Waals surface area contributed by atoms with Crippen LogP contribution in [0.2, 0.25) is 0 Å². The zero-order valence-corrected chi connectivity index (χ0v) is 10.2. The van der Waals surface area contributed by atoms with Gasteiger partial charge in [0.1, 0.15) is 5.82 Å². The Kier molecular flexibility index (Phi) is 4.13. The number of carboxylic acid groups (broad SMARTS) is 1. The van der Waals surface area contributed by atoms with Gasteiger partial charge >= 0.3 is 5.97 Å². The summed E-state index contributed by atoms with van der Waals surface area (Å²) in [6, 6.07) is 15.1. The topological polar surface area (TPSA) is 49.3 Å². The molecule has 2 aromatic rings. The Bertz CT molecular complexity index is 557. The van der Waals surface area contributed by atoms with Gasteiger partial charge in [-0.25, -0.2) is 4.39 Å². The second kappa shape index (κ2) is 6.00. The molecule has 4 heteroatoms. The highest BCUT2D eigenvalue weighted by Crippen LogP contribution is 2.18. The molecule has 0 aromatic heterocycles. The Morgan fingerprint density at radius 2 is 1.74 bits per heavy atom. The van der Waals surface area contributed by atoms with Crippen molar-refractivity contribution in [2.24, 2.45) is 0 Å². The van der Waals surface area contributed by atoms with Gasteiger partial charge in [0.25, 0.3) is 0 Å². The van der Waals surface area contributed by atoms with Crippen molar-refractivity contribution in [2.75, 3.05) is 11.9 Å². The molecule has 0 heterocycles. The maximum Gasteiger partial charge on any atom is 0.312 e. The van der Waals surface area contributed by atoms with Gasteiger partial charge in [-0.1, -0.05) is 42.5 Å². The molecule has 0 saturated heterocycles. The van der Waals surface area contributed by atoms with Crippen LogP contribution in [-0.4, -0.2) is 17.6 Å². The molecule has 0 fully saturated rings. The van der Waals surface area contributed by atoms with E-state index in [4.69, 9.17) is 0 Å². The van der Waals surface area contributed by atoms with Crippen LogP contribution in [0, 0.1) is 5.82 Å². The summed E-state index contributed by atoms with van der Waals surface area (Å²) in [5.74, 6) is -2.03. The molecular formula is C15H14FNO2. The Morgan fingerprint density at radius 3 is 2.37 bits per heavy atom. The number of halogens is 1. The average molecular weight is 259 g/mol. The first kappa shape index (κ1) is 13.1. The number of hydrogen-bond donors (Lipinski definition) is 2. The van der Waals surface area contributed by atoms with Crippen molar-refractivity contribution in [1.29, 1.82) is 0 Å². The van der Waals surface area contributed by atoms with Crippen LogP contribution in [0.1, 0.15) is 11.5 Å². The van der Waals surface area contributed by atoms with Gasteiger partial charge in [-0.15, -0.1) is 0 Å². The van der Waals surface area contributed by atoms with E-state index in [1.165, 1.54) is 6.07 Å². The van der Waals surface area contributed by atoms with Crippen molar-refractivity contribution in [3.63, 3.8) is 0 Å². The molecule has 0 spiro atoms. The van der Waals surface area contributed by atoms with Gasteiger partial charge in [-0.3, -0.25) is 4.79 Å². The van der Waals surface area contributed by atoms with Crippen LogP contribution in [0.15, 0.2) is 54.6 Å². The summed E-state index contributed by atoms with van der Waals surface area (Å²) in [6.45, 7) is 0.139. The fourth-order valence-electron chi connectivity index (χ4n) is 1.85. The molecular weight excluding hydrogens is 245 g/mol. The predicted molar refractivity (Wildman–Crippen MR) is 71.7 cm³/mol. The first-order valence-electron chi connectivity index (χ1n) is 5.94. The smallest absolute Gasteiger partial charge is 0.312 e. The fourth-order valence-corrected chi connectivity index (χ4v) is 1.85. The van der Waals surface area contributed by atoms with Crippen LogP contribution in [0.4, 0.5) is 10.1 Å². The van der Waals surface area contributed by atoms with E-state index in [9.17, 15) is 14.3 Å². The molecule has 0 aliphatic carbocycles. The van der Waals surface area contributed by atoms with E-state index in [0.29, 0.717) is 11.3 Å². The normalized spacial score (nSPS) is 11.8. The molecule has 1 atom stereocenters.